The SMILES string of the molecule is C=CCCCCCC(CCc1ccc(C)cc1)NN. The van der Waals surface area contributed by atoms with Gasteiger partial charge >= 0.3 is 0 Å². The van der Waals surface area contributed by atoms with Crippen molar-refractivity contribution in [2.24, 2.45) is 5.84 Å². The quantitative estimate of drug-likeness (QED) is 0.290. The molecule has 0 aliphatic rings. The van der Waals surface area contributed by atoms with Crippen LogP contribution in [0.15, 0.2) is 36.9 Å². The molecule has 0 bridgehead atoms. The standard InChI is InChI=1S/C17H28N2/c1-3-4-5-6-7-8-17(19-18)14-13-16-11-9-15(2)10-12-16/h3,9-12,17,19H,1,4-8,13-14,18H2,2H3. The maximum atomic E-state index is 5.64. The van der Waals surface area contributed by atoms with Crippen LogP contribution in [0.3, 0.4) is 0 Å². The lowest BCUT2D eigenvalue weighted by Gasteiger charge is -2.15. The van der Waals surface area contributed by atoms with E-state index in [0.717, 1.165) is 19.3 Å². The predicted octanol–water partition coefficient (Wildman–Crippen LogP) is 3.90. The maximum Gasteiger partial charge on any atom is 0.0213 e. The summed E-state index contributed by atoms with van der Waals surface area (Å²) in [6.45, 7) is 5.87. The third kappa shape index (κ3) is 7.14. The zero-order valence-corrected chi connectivity index (χ0v) is 12.2. The number of allylic oxidation sites excluding steroid dienone is 1. The zero-order valence-electron chi connectivity index (χ0n) is 12.2. The molecule has 1 aromatic carbocycles. The summed E-state index contributed by atoms with van der Waals surface area (Å²) in [5.74, 6) is 5.64. The number of aryl methyl sites for hydroxylation is 2. The molecule has 0 aromatic heterocycles. The van der Waals surface area contributed by atoms with E-state index >= 15 is 0 Å². The van der Waals surface area contributed by atoms with E-state index in [-0.39, 0.29) is 0 Å². The fourth-order valence-corrected chi connectivity index (χ4v) is 2.26. The maximum absolute atomic E-state index is 5.64. The highest BCUT2D eigenvalue weighted by Gasteiger charge is 2.06. The predicted molar refractivity (Wildman–Crippen MR) is 83.9 cm³/mol. The third-order valence-electron chi connectivity index (χ3n) is 3.60. The van der Waals surface area contributed by atoms with Crippen LogP contribution in [0, 0.1) is 6.92 Å². The van der Waals surface area contributed by atoms with E-state index in [1.165, 1.54) is 36.8 Å². The monoisotopic (exact) mass is 260 g/mol. The molecule has 19 heavy (non-hydrogen) atoms. The van der Waals surface area contributed by atoms with Crippen molar-refractivity contribution in [2.45, 2.75) is 57.9 Å². The van der Waals surface area contributed by atoms with Gasteiger partial charge in [0.25, 0.3) is 0 Å². The first-order chi connectivity index (χ1) is 9.26. The van der Waals surface area contributed by atoms with Gasteiger partial charge in [-0.2, -0.15) is 0 Å². The summed E-state index contributed by atoms with van der Waals surface area (Å²) in [5.41, 5.74) is 5.67. The molecule has 1 atom stereocenters. The van der Waals surface area contributed by atoms with E-state index in [0.29, 0.717) is 6.04 Å². The van der Waals surface area contributed by atoms with Gasteiger partial charge < -0.3 is 0 Å². The van der Waals surface area contributed by atoms with Gasteiger partial charge in [-0.15, -0.1) is 6.58 Å². The number of hydrogen-bond donors (Lipinski definition) is 2. The van der Waals surface area contributed by atoms with Gasteiger partial charge in [-0.05, 0) is 44.6 Å². The van der Waals surface area contributed by atoms with Crippen LogP contribution < -0.4 is 11.3 Å². The number of hydrogen-bond acceptors (Lipinski definition) is 2. The van der Waals surface area contributed by atoms with Crippen LogP contribution >= 0.6 is 0 Å². The largest absolute Gasteiger partial charge is 0.271 e. The summed E-state index contributed by atoms with van der Waals surface area (Å²) in [4.78, 5) is 0. The number of hydrazine groups is 1. The smallest absolute Gasteiger partial charge is 0.0213 e. The van der Waals surface area contributed by atoms with Gasteiger partial charge in [-0.1, -0.05) is 48.7 Å². The van der Waals surface area contributed by atoms with Crippen molar-refractivity contribution < 1.29 is 0 Å². The molecular formula is C17H28N2. The third-order valence-corrected chi connectivity index (χ3v) is 3.60. The highest BCUT2D eigenvalue weighted by atomic mass is 15.2. The molecule has 0 heterocycles. The Morgan fingerprint density at radius 1 is 1.16 bits per heavy atom. The number of unbranched alkanes of at least 4 members (excludes halogenated alkanes) is 3. The fraction of sp³-hybridized carbons (Fsp3) is 0.529. The Balaban J connectivity index is 2.20. The summed E-state index contributed by atoms with van der Waals surface area (Å²) < 4.78 is 0. The first kappa shape index (κ1) is 15.9. The summed E-state index contributed by atoms with van der Waals surface area (Å²) >= 11 is 0. The van der Waals surface area contributed by atoms with Crippen LogP contribution in [0.5, 0.6) is 0 Å². The number of rotatable bonds is 10. The van der Waals surface area contributed by atoms with E-state index < -0.39 is 0 Å². The highest BCUT2D eigenvalue weighted by Crippen LogP contribution is 2.12. The molecule has 0 amide bonds. The molecule has 1 rings (SSSR count). The van der Waals surface area contributed by atoms with Gasteiger partial charge in [0.05, 0.1) is 0 Å². The minimum atomic E-state index is 0.435. The molecule has 1 aromatic rings. The summed E-state index contributed by atoms with van der Waals surface area (Å²) in [5, 5.41) is 0. The Morgan fingerprint density at radius 2 is 1.89 bits per heavy atom. The van der Waals surface area contributed by atoms with Crippen molar-refractivity contribution in [1.29, 1.82) is 0 Å². The average Bonchev–Trinajstić information content (AvgIpc) is 2.44. The second-order valence-corrected chi connectivity index (χ2v) is 5.31. The molecule has 1 unspecified atom stereocenters. The first-order valence-corrected chi connectivity index (χ1v) is 7.39. The normalized spacial score (nSPS) is 12.3. The molecule has 0 radical (unpaired) electrons. The first-order valence-electron chi connectivity index (χ1n) is 7.39. The van der Waals surface area contributed by atoms with Crippen LogP contribution in [-0.2, 0) is 6.42 Å². The van der Waals surface area contributed by atoms with Crippen LogP contribution in [0.1, 0.15) is 49.7 Å². The minimum Gasteiger partial charge on any atom is -0.271 e. The second-order valence-electron chi connectivity index (χ2n) is 5.31. The van der Waals surface area contributed by atoms with Gasteiger partial charge in [-0.3, -0.25) is 11.3 Å². The van der Waals surface area contributed by atoms with Crippen molar-refractivity contribution in [1.82, 2.24) is 5.43 Å². The van der Waals surface area contributed by atoms with Crippen LogP contribution in [0.25, 0.3) is 0 Å². The minimum absolute atomic E-state index is 0.435. The Hall–Kier alpha value is -1.12. The van der Waals surface area contributed by atoms with Crippen LogP contribution in [-0.4, -0.2) is 6.04 Å². The summed E-state index contributed by atoms with van der Waals surface area (Å²) in [6.07, 6.45) is 10.3. The lowest BCUT2D eigenvalue weighted by molar-refractivity contribution is 0.442. The van der Waals surface area contributed by atoms with Gasteiger partial charge in [0.1, 0.15) is 0 Å². The summed E-state index contributed by atoms with van der Waals surface area (Å²) in [6, 6.07) is 9.22. The average molecular weight is 260 g/mol. The topological polar surface area (TPSA) is 38.0 Å². The Bertz CT molecular complexity index is 343. The fourth-order valence-electron chi connectivity index (χ4n) is 2.26. The van der Waals surface area contributed by atoms with Crippen molar-refractivity contribution in [2.75, 3.05) is 0 Å². The molecule has 0 saturated heterocycles. The lowest BCUT2D eigenvalue weighted by atomic mass is 10.00. The van der Waals surface area contributed by atoms with Gasteiger partial charge in [0, 0.05) is 6.04 Å². The highest BCUT2D eigenvalue weighted by molar-refractivity contribution is 5.21. The lowest BCUT2D eigenvalue weighted by Crippen LogP contribution is -2.35. The van der Waals surface area contributed by atoms with E-state index in [2.05, 4.69) is 43.2 Å². The Kier molecular flexibility index (Phi) is 8.19. The Labute approximate surface area is 118 Å². The molecule has 0 spiro atoms. The molecule has 0 aliphatic heterocycles. The van der Waals surface area contributed by atoms with Gasteiger partial charge in [0.15, 0.2) is 0 Å². The molecule has 0 saturated carbocycles. The molecule has 2 nitrogen and oxygen atoms in total. The van der Waals surface area contributed by atoms with E-state index in [9.17, 15) is 0 Å². The molecule has 2 heteroatoms. The van der Waals surface area contributed by atoms with Crippen LogP contribution in [0.2, 0.25) is 0 Å². The molecule has 106 valence electrons. The van der Waals surface area contributed by atoms with Gasteiger partial charge in [-0.25, -0.2) is 0 Å². The second kappa shape index (κ2) is 9.76. The Morgan fingerprint density at radius 3 is 2.53 bits per heavy atom. The number of benzene rings is 1. The molecule has 3 N–H and O–H groups in total. The van der Waals surface area contributed by atoms with Crippen molar-refractivity contribution in [3.8, 4) is 0 Å². The van der Waals surface area contributed by atoms with E-state index in [1.54, 1.807) is 0 Å². The van der Waals surface area contributed by atoms with E-state index in [4.69, 9.17) is 5.84 Å². The number of nitrogens with two attached hydrogens (primary N) is 1. The van der Waals surface area contributed by atoms with E-state index in [1.807, 2.05) is 6.08 Å². The van der Waals surface area contributed by atoms with Gasteiger partial charge in [0.2, 0.25) is 0 Å². The number of nitrogens with one attached hydrogen (secondary N) is 1. The molecule has 0 aliphatic carbocycles. The van der Waals surface area contributed by atoms with Crippen molar-refractivity contribution >= 4 is 0 Å². The molecule has 0 fully saturated rings. The van der Waals surface area contributed by atoms with Crippen molar-refractivity contribution in [3.63, 3.8) is 0 Å². The summed E-state index contributed by atoms with van der Waals surface area (Å²) in [7, 11) is 0. The zero-order chi connectivity index (χ0) is 13.9. The molecular weight excluding hydrogens is 232 g/mol. The van der Waals surface area contributed by atoms with Crippen LogP contribution in [0.4, 0.5) is 0 Å². The van der Waals surface area contributed by atoms with Crippen molar-refractivity contribution in [3.05, 3.63) is 48.0 Å².